The molecule has 0 aliphatic rings. The second-order valence-electron chi connectivity index (χ2n) is 5.04. The summed E-state index contributed by atoms with van der Waals surface area (Å²) in [5, 5.41) is 3.04. The lowest BCUT2D eigenvalue weighted by Gasteiger charge is -2.11. The first-order chi connectivity index (χ1) is 11.3. The van der Waals surface area contributed by atoms with Crippen LogP contribution in [0.2, 0.25) is 5.02 Å². The first-order valence-corrected chi connectivity index (χ1v) is 8.87. The SMILES string of the molecule is COc1ccc(C)cc1S(=O)(=O)NCC(=O)Nc1cccc(Cl)c1. The number of ether oxygens (including phenoxy) is 1. The Balaban J connectivity index is 2.07. The molecule has 0 atom stereocenters. The number of hydrogen-bond acceptors (Lipinski definition) is 4. The van der Waals surface area contributed by atoms with Crippen molar-refractivity contribution in [2.45, 2.75) is 11.8 Å². The standard InChI is InChI=1S/C16H17ClN2O4S/c1-11-6-7-14(23-2)15(8-11)24(21,22)18-10-16(20)19-13-5-3-4-12(17)9-13/h3-9,18H,10H2,1-2H3,(H,19,20). The molecule has 2 N–H and O–H groups in total. The molecule has 0 unspecified atom stereocenters. The monoisotopic (exact) mass is 368 g/mol. The van der Waals surface area contributed by atoms with Gasteiger partial charge >= 0.3 is 0 Å². The summed E-state index contributed by atoms with van der Waals surface area (Å²) >= 11 is 5.83. The quantitative estimate of drug-likeness (QED) is 0.820. The van der Waals surface area contributed by atoms with Gasteiger partial charge in [0.25, 0.3) is 0 Å². The highest BCUT2D eigenvalue weighted by Crippen LogP contribution is 2.24. The lowest BCUT2D eigenvalue weighted by molar-refractivity contribution is -0.115. The van der Waals surface area contributed by atoms with Crippen LogP contribution in [0.25, 0.3) is 0 Å². The maximum atomic E-state index is 12.4. The van der Waals surface area contributed by atoms with E-state index >= 15 is 0 Å². The van der Waals surface area contributed by atoms with Crippen LogP contribution in [0.1, 0.15) is 5.56 Å². The van der Waals surface area contributed by atoms with E-state index in [1.807, 2.05) is 0 Å². The van der Waals surface area contributed by atoms with Gasteiger partial charge in [-0.15, -0.1) is 0 Å². The maximum Gasteiger partial charge on any atom is 0.244 e. The number of anilines is 1. The van der Waals surface area contributed by atoms with Crippen molar-refractivity contribution in [3.8, 4) is 5.75 Å². The van der Waals surface area contributed by atoms with E-state index in [-0.39, 0.29) is 10.6 Å². The molecular formula is C16H17ClN2O4S. The van der Waals surface area contributed by atoms with Crippen LogP contribution in [-0.2, 0) is 14.8 Å². The van der Waals surface area contributed by atoms with Gasteiger partial charge < -0.3 is 10.1 Å². The number of carbonyl (C=O) groups is 1. The molecule has 2 rings (SSSR count). The van der Waals surface area contributed by atoms with Crippen molar-refractivity contribution in [2.75, 3.05) is 19.0 Å². The Kier molecular flexibility index (Phi) is 5.82. The van der Waals surface area contributed by atoms with Crippen molar-refractivity contribution in [2.24, 2.45) is 0 Å². The molecule has 2 aromatic carbocycles. The minimum atomic E-state index is -3.88. The molecule has 0 fully saturated rings. The van der Waals surface area contributed by atoms with Crippen LogP contribution in [0.3, 0.4) is 0 Å². The zero-order valence-electron chi connectivity index (χ0n) is 13.2. The summed E-state index contributed by atoms with van der Waals surface area (Å²) in [6.07, 6.45) is 0. The zero-order valence-corrected chi connectivity index (χ0v) is 14.7. The van der Waals surface area contributed by atoms with Gasteiger partial charge in [0.15, 0.2) is 0 Å². The molecule has 2 aromatic rings. The highest BCUT2D eigenvalue weighted by molar-refractivity contribution is 7.89. The summed E-state index contributed by atoms with van der Waals surface area (Å²) in [5.74, 6) is -0.296. The molecule has 1 amide bonds. The molecule has 0 bridgehead atoms. The Labute approximate surface area is 145 Å². The third-order valence-electron chi connectivity index (χ3n) is 3.14. The molecule has 0 aromatic heterocycles. The summed E-state index contributed by atoms with van der Waals surface area (Å²) in [7, 11) is -2.50. The van der Waals surface area contributed by atoms with E-state index in [2.05, 4.69) is 10.0 Å². The highest BCUT2D eigenvalue weighted by Gasteiger charge is 2.20. The zero-order chi connectivity index (χ0) is 17.7. The van der Waals surface area contributed by atoms with E-state index in [1.165, 1.54) is 13.2 Å². The Morgan fingerprint density at radius 1 is 1.21 bits per heavy atom. The van der Waals surface area contributed by atoms with Crippen LogP contribution in [0, 0.1) is 6.92 Å². The molecule has 8 heteroatoms. The van der Waals surface area contributed by atoms with E-state index in [4.69, 9.17) is 16.3 Å². The van der Waals surface area contributed by atoms with Gasteiger partial charge in [0.05, 0.1) is 13.7 Å². The van der Waals surface area contributed by atoms with E-state index in [9.17, 15) is 13.2 Å². The fourth-order valence-electron chi connectivity index (χ4n) is 2.00. The number of methoxy groups -OCH3 is 1. The van der Waals surface area contributed by atoms with Crippen molar-refractivity contribution in [3.05, 3.63) is 53.1 Å². The third kappa shape index (κ3) is 4.70. The number of aryl methyl sites for hydroxylation is 1. The number of carbonyl (C=O) groups excluding carboxylic acids is 1. The van der Waals surface area contributed by atoms with Crippen molar-refractivity contribution in [1.29, 1.82) is 0 Å². The number of benzene rings is 2. The van der Waals surface area contributed by atoms with Gasteiger partial charge in [-0.2, -0.15) is 0 Å². The molecule has 24 heavy (non-hydrogen) atoms. The van der Waals surface area contributed by atoms with Crippen molar-refractivity contribution in [3.63, 3.8) is 0 Å². The molecule has 0 heterocycles. The lowest BCUT2D eigenvalue weighted by Crippen LogP contribution is -2.33. The van der Waals surface area contributed by atoms with Crippen molar-refractivity contribution in [1.82, 2.24) is 4.72 Å². The third-order valence-corrected chi connectivity index (χ3v) is 4.80. The van der Waals surface area contributed by atoms with Crippen LogP contribution in [0.5, 0.6) is 5.75 Å². The fraction of sp³-hybridized carbons (Fsp3) is 0.188. The Morgan fingerprint density at radius 3 is 2.62 bits per heavy atom. The van der Waals surface area contributed by atoms with Gasteiger partial charge in [0, 0.05) is 10.7 Å². The predicted molar refractivity (Wildman–Crippen MR) is 93.0 cm³/mol. The van der Waals surface area contributed by atoms with E-state index in [0.717, 1.165) is 5.56 Å². The topological polar surface area (TPSA) is 84.5 Å². The molecule has 0 aliphatic heterocycles. The molecule has 128 valence electrons. The van der Waals surface area contributed by atoms with E-state index in [1.54, 1.807) is 43.3 Å². The second kappa shape index (κ2) is 7.65. The van der Waals surface area contributed by atoms with Gasteiger partial charge in [0.1, 0.15) is 10.6 Å². The number of nitrogens with one attached hydrogen (secondary N) is 2. The van der Waals surface area contributed by atoms with Crippen LogP contribution >= 0.6 is 11.6 Å². The summed E-state index contributed by atoms with van der Waals surface area (Å²) in [4.78, 5) is 11.9. The Bertz CT molecular complexity index is 853. The van der Waals surface area contributed by atoms with Crippen molar-refractivity contribution >= 4 is 33.2 Å². The molecule has 0 aliphatic carbocycles. The average molecular weight is 369 g/mol. The minimum Gasteiger partial charge on any atom is -0.495 e. The first kappa shape index (κ1) is 18.3. The summed E-state index contributed by atoms with van der Waals surface area (Å²) in [5.41, 5.74) is 1.25. The number of halogens is 1. The second-order valence-corrected chi connectivity index (χ2v) is 7.21. The minimum absolute atomic E-state index is 0.0134. The van der Waals surface area contributed by atoms with Gasteiger partial charge in [-0.1, -0.05) is 23.7 Å². The summed E-state index contributed by atoms with van der Waals surface area (Å²) < 4.78 is 32.1. The largest absolute Gasteiger partial charge is 0.495 e. The Morgan fingerprint density at radius 2 is 1.96 bits per heavy atom. The van der Waals surface area contributed by atoms with Crippen LogP contribution < -0.4 is 14.8 Å². The van der Waals surface area contributed by atoms with Crippen LogP contribution in [0.15, 0.2) is 47.4 Å². The number of rotatable bonds is 6. The molecule has 0 saturated heterocycles. The predicted octanol–water partition coefficient (Wildman–Crippen LogP) is 2.57. The Hall–Kier alpha value is -2.09. The van der Waals surface area contributed by atoms with E-state index in [0.29, 0.717) is 10.7 Å². The normalized spacial score (nSPS) is 11.1. The van der Waals surface area contributed by atoms with E-state index < -0.39 is 22.5 Å². The smallest absolute Gasteiger partial charge is 0.244 e. The number of sulfonamides is 1. The molecule has 0 spiro atoms. The summed E-state index contributed by atoms with van der Waals surface area (Å²) in [6.45, 7) is 1.36. The molecule has 6 nitrogen and oxygen atoms in total. The van der Waals surface area contributed by atoms with Crippen molar-refractivity contribution < 1.29 is 17.9 Å². The molecule has 0 radical (unpaired) electrons. The summed E-state index contributed by atoms with van der Waals surface area (Å²) in [6, 6.07) is 11.4. The average Bonchev–Trinajstić information content (AvgIpc) is 2.53. The molecular weight excluding hydrogens is 352 g/mol. The lowest BCUT2D eigenvalue weighted by atomic mass is 10.2. The first-order valence-electron chi connectivity index (χ1n) is 7.01. The highest BCUT2D eigenvalue weighted by atomic mass is 35.5. The van der Waals surface area contributed by atoms with Gasteiger partial charge in [-0.25, -0.2) is 13.1 Å². The number of hydrogen-bond donors (Lipinski definition) is 2. The van der Waals surface area contributed by atoms with Gasteiger partial charge in [-0.05, 0) is 42.8 Å². The number of amides is 1. The molecule has 0 saturated carbocycles. The maximum absolute atomic E-state index is 12.4. The fourth-order valence-corrected chi connectivity index (χ4v) is 3.43. The van der Waals surface area contributed by atoms with Crippen LogP contribution in [-0.4, -0.2) is 28.0 Å². The van der Waals surface area contributed by atoms with Crippen LogP contribution in [0.4, 0.5) is 5.69 Å². The van der Waals surface area contributed by atoms with Gasteiger partial charge in [0.2, 0.25) is 15.9 Å². The van der Waals surface area contributed by atoms with Gasteiger partial charge in [-0.3, -0.25) is 4.79 Å².